The van der Waals surface area contributed by atoms with Crippen LogP contribution in [0.4, 0.5) is 0 Å². The molecule has 0 atom stereocenters. The van der Waals surface area contributed by atoms with Crippen molar-refractivity contribution in [1.82, 2.24) is 4.98 Å². The molecule has 4 nitrogen and oxygen atoms in total. The molecule has 2 rings (SSSR count). The minimum atomic E-state index is -0.805. The number of rotatable bonds is 1. The number of carbonyl (C=O) groups excluding carboxylic acids is 1. The number of fused-ring (bicyclic) bond motifs is 1. The van der Waals surface area contributed by atoms with Gasteiger partial charge in [-0.2, -0.15) is 0 Å². The van der Waals surface area contributed by atoms with E-state index in [1.165, 1.54) is 0 Å². The number of halogens is 1. The van der Waals surface area contributed by atoms with Crippen LogP contribution in [0.15, 0.2) is 24.3 Å². The number of primary amides is 1. The predicted molar refractivity (Wildman–Crippen MR) is 56.9 cm³/mol. The normalized spacial score (nSPS) is 10.5. The minimum Gasteiger partial charge on any atom is -0.505 e. The minimum absolute atomic E-state index is 0.150. The smallest absolute Gasteiger partial charge is 0.271 e. The Hall–Kier alpha value is -1.81. The highest BCUT2D eigenvalue weighted by Crippen LogP contribution is 2.31. The second kappa shape index (κ2) is 3.40. The molecule has 3 N–H and O–H groups in total. The van der Waals surface area contributed by atoms with E-state index in [9.17, 15) is 9.90 Å². The maximum absolute atomic E-state index is 11.0. The summed E-state index contributed by atoms with van der Waals surface area (Å²) >= 11 is 5.85. The van der Waals surface area contributed by atoms with E-state index in [2.05, 4.69) is 4.98 Å². The highest BCUT2D eigenvalue weighted by molar-refractivity contribution is 6.34. The molecule has 0 aliphatic carbocycles. The summed E-state index contributed by atoms with van der Waals surface area (Å²) in [6.45, 7) is 0. The highest BCUT2D eigenvalue weighted by Gasteiger charge is 2.15. The van der Waals surface area contributed by atoms with Gasteiger partial charge in [0.25, 0.3) is 5.91 Å². The van der Waals surface area contributed by atoms with E-state index < -0.39 is 5.91 Å². The number of pyridine rings is 1. The van der Waals surface area contributed by atoms with Crippen molar-refractivity contribution in [3.05, 3.63) is 35.1 Å². The molecule has 2 aromatic rings. The summed E-state index contributed by atoms with van der Waals surface area (Å²) in [5.41, 5.74) is 4.84. The van der Waals surface area contributed by atoms with Gasteiger partial charge >= 0.3 is 0 Å². The molecule has 0 unspecified atom stereocenters. The Balaban J connectivity index is 2.90. The first-order chi connectivity index (χ1) is 7.11. The van der Waals surface area contributed by atoms with Gasteiger partial charge < -0.3 is 10.8 Å². The Kier molecular flexibility index (Phi) is 2.21. The molecule has 0 saturated carbocycles. The zero-order valence-electron chi connectivity index (χ0n) is 7.57. The van der Waals surface area contributed by atoms with E-state index >= 15 is 0 Å². The first-order valence-corrected chi connectivity index (χ1v) is 4.56. The number of nitrogens with zero attached hydrogens (tertiary/aromatic N) is 1. The van der Waals surface area contributed by atoms with Crippen molar-refractivity contribution in [3.63, 3.8) is 0 Å². The summed E-state index contributed by atoms with van der Waals surface area (Å²) in [6, 6.07) is 6.84. The molecule has 0 radical (unpaired) electrons. The summed E-state index contributed by atoms with van der Waals surface area (Å²) < 4.78 is 0. The number of amides is 1. The SMILES string of the molecule is NC(=O)c1nc(Cl)c2ccccc2c1O. The van der Waals surface area contributed by atoms with Gasteiger partial charge in [0.1, 0.15) is 5.15 Å². The molecular weight excluding hydrogens is 216 g/mol. The maximum Gasteiger partial charge on any atom is 0.271 e. The monoisotopic (exact) mass is 222 g/mol. The molecule has 15 heavy (non-hydrogen) atoms. The molecule has 1 amide bonds. The van der Waals surface area contributed by atoms with E-state index in [1.807, 2.05) is 0 Å². The molecule has 1 heterocycles. The average Bonchev–Trinajstić information content (AvgIpc) is 2.23. The molecule has 0 aliphatic rings. The van der Waals surface area contributed by atoms with Crippen LogP contribution >= 0.6 is 11.6 Å². The summed E-state index contributed by atoms with van der Waals surface area (Å²) in [7, 11) is 0. The van der Waals surface area contributed by atoms with E-state index in [0.29, 0.717) is 10.8 Å². The Labute approximate surface area is 90.3 Å². The second-order valence-electron chi connectivity index (χ2n) is 3.01. The highest BCUT2D eigenvalue weighted by atomic mass is 35.5. The van der Waals surface area contributed by atoms with Crippen LogP contribution < -0.4 is 5.73 Å². The molecular formula is C10H7ClN2O2. The van der Waals surface area contributed by atoms with E-state index in [0.717, 1.165) is 0 Å². The third-order valence-corrected chi connectivity index (χ3v) is 2.36. The van der Waals surface area contributed by atoms with Crippen LogP contribution in [-0.4, -0.2) is 16.0 Å². The predicted octanol–water partition coefficient (Wildman–Crippen LogP) is 1.69. The Morgan fingerprint density at radius 2 is 1.93 bits per heavy atom. The fourth-order valence-corrected chi connectivity index (χ4v) is 1.63. The molecule has 0 saturated heterocycles. The van der Waals surface area contributed by atoms with Crippen LogP contribution in [0, 0.1) is 0 Å². The Morgan fingerprint density at radius 1 is 1.33 bits per heavy atom. The van der Waals surface area contributed by atoms with Gasteiger partial charge in [-0.05, 0) is 0 Å². The van der Waals surface area contributed by atoms with E-state index in [1.54, 1.807) is 24.3 Å². The first kappa shape index (κ1) is 9.73. The van der Waals surface area contributed by atoms with Crippen molar-refractivity contribution in [2.45, 2.75) is 0 Å². The van der Waals surface area contributed by atoms with Gasteiger partial charge in [-0.25, -0.2) is 4.98 Å². The van der Waals surface area contributed by atoms with Crippen molar-refractivity contribution in [3.8, 4) is 5.75 Å². The fraction of sp³-hybridized carbons (Fsp3) is 0. The van der Waals surface area contributed by atoms with Crippen LogP contribution in [0.1, 0.15) is 10.5 Å². The summed E-state index contributed by atoms with van der Waals surface area (Å²) in [6.07, 6.45) is 0. The summed E-state index contributed by atoms with van der Waals surface area (Å²) in [5.74, 6) is -1.04. The van der Waals surface area contributed by atoms with Gasteiger partial charge in [-0.1, -0.05) is 35.9 Å². The number of benzene rings is 1. The fourth-order valence-electron chi connectivity index (χ4n) is 1.38. The molecule has 76 valence electrons. The number of nitrogens with two attached hydrogens (primary N) is 1. The lowest BCUT2D eigenvalue weighted by atomic mass is 10.1. The molecule has 0 bridgehead atoms. The summed E-state index contributed by atoms with van der Waals surface area (Å²) in [5, 5.41) is 10.9. The number of carbonyl (C=O) groups is 1. The lowest BCUT2D eigenvalue weighted by molar-refractivity contribution is 0.0993. The molecule has 1 aromatic carbocycles. The molecule has 0 spiro atoms. The van der Waals surface area contributed by atoms with Gasteiger partial charge in [-0.15, -0.1) is 0 Å². The van der Waals surface area contributed by atoms with Crippen molar-refractivity contribution in [2.75, 3.05) is 0 Å². The zero-order valence-corrected chi connectivity index (χ0v) is 8.32. The lowest BCUT2D eigenvalue weighted by Gasteiger charge is -2.05. The van der Waals surface area contributed by atoms with Crippen LogP contribution in [0.2, 0.25) is 5.15 Å². The van der Waals surface area contributed by atoms with Crippen LogP contribution in [0.5, 0.6) is 5.75 Å². The van der Waals surface area contributed by atoms with Crippen molar-refractivity contribution in [2.24, 2.45) is 5.73 Å². The van der Waals surface area contributed by atoms with Crippen molar-refractivity contribution < 1.29 is 9.90 Å². The van der Waals surface area contributed by atoms with Gasteiger partial charge in [0.05, 0.1) is 0 Å². The van der Waals surface area contributed by atoms with Gasteiger partial charge in [0, 0.05) is 10.8 Å². The van der Waals surface area contributed by atoms with Crippen molar-refractivity contribution in [1.29, 1.82) is 0 Å². The third kappa shape index (κ3) is 1.49. The van der Waals surface area contributed by atoms with Gasteiger partial charge in [0.2, 0.25) is 0 Å². The molecule has 0 fully saturated rings. The summed E-state index contributed by atoms with van der Waals surface area (Å²) in [4.78, 5) is 14.7. The second-order valence-corrected chi connectivity index (χ2v) is 3.37. The molecule has 5 heteroatoms. The van der Waals surface area contributed by atoms with Crippen LogP contribution in [0.25, 0.3) is 10.8 Å². The largest absolute Gasteiger partial charge is 0.505 e. The third-order valence-electron chi connectivity index (χ3n) is 2.07. The number of aromatic hydroxyl groups is 1. The number of hydrogen-bond acceptors (Lipinski definition) is 3. The quantitative estimate of drug-likeness (QED) is 0.721. The molecule has 0 aliphatic heterocycles. The van der Waals surface area contributed by atoms with Gasteiger partial charge in [0.15, 0.2) is 11.4 Å². The van der Waals surface area contributed by atoms with Gasteiger partial charge in [-0.3, -0.25) is 4.79 Å². The average molecular weight is 223 g/mol. The number of aromatic nitrogens is 1. The van der Waals surface area contributed by atoms with E-state index in [4.69, 9.17) is 17.3 Å². The Morgan fingerprint density at radius 3 is 2.53 bits per heavy atom. The van der Waals surface area contributed by atoms with Crippen molar-refractivity contribution >= 4 is 28.3 Å². The van der Waals surface area contributed by atoms with Crippen LogP contribution in [0.3, 0.4) is 0 Å². The number of hydrogen-bond donors (Lipinski definition) is 2. The lowest BCUT2D eigenvalue weighted by Crippen LogP contribution is -2.13. The molecule has 1 aromatic heterocycles. The standard InChI is InChI=1S/C10H7ClN2O2/c11-9-6-4-2-1-3-5(6)8(14)7(13-9)10(12)15/h1-4,14H,(H2,12,15). The first-order valence-electron chi connectivity index (χ1n) is 4.18. The van der Waals surface area contributed by atoms with Crippen LogP contribution in [-0.2, 0) is 0 Å². The Bertz CT molecular complexity index is 554. The topological polar surface area (TPSA) is 76.2 Å². The van der Waals surface area contributed by atoms with E-state index in [-0.39, 0.29) is 16.6 Å². The maximum atomic E-state index is 11.0. The zero-order chi connectivity index (χ0) is 11.0.